The van der Waals surface area contributed by atoms with Gasteiger partial charge in [0, 0.05) is 10.6 Å². The van der Waals surface area contributed by atoms with E-state index in [-0.39, 0.29) is 17.9 Å². The van der Waals surface area contributed by atoms with Crippen LogP contribution in [-0.2, 0) is 9.59 Å². The van der Waals surface area contributed by atoms with Crippen LogP contribution in [0.3, 0.4) is 0 Å². The van der Waals surface area contributed by atoms with E-state index in [0.29, 0.717) is 12.8 Å². The third kappa shape index (κ3) is 2.93. The highest BCUT2D eigenvalue weighted by atomic mass is 32.2. The summed E-state index contributed by atoms with van der Waals surface area (Å²) in [7, 11) is 0. The first-order valence-electron chi connectivity index (χ1n) is 7.41. The Kier molecular flexibility index (Phi) is 4.19. The van der Waals surface area contributed by atoms with Gasteiger partial charge in [0.1, 0.15) is 0 Å². The molecule has 1 fully saturated rings. The van der Waals surface area contributed by atoms with Gasteiger partial charge in [-0.15, -0.1) is 11.8 Å². The highest BCUT2D eigenvalue weighted by Gasteiger charge is 2.38. The molecule has 3 atom stereocenters. The standard InChI is InChI=1S/C16H19NO3S/c18-15(10-5-3-6-11(10)16(19)20)17-13-8-9-21-14-7-2-1-4-12(13)14/h1-2,4,7,10-11,13H,3,5-6,8-9H2,(H,17,18)(H,19,20)/t10-,11+,13?/m1/s1. The molecule has 112 valence electrons. The molecule has 0 aromatic heterocycles. The van der Waals surface area contributed by atoms with Crippen molar-refractivity contribution in [1.82, 2.24) is 5.32 Å². The first kappa shape index (κ1) is 14.4. The Balaban J connectivity index is 1.73. The molecular weight excluding hydrogens is 286 g/mol. The van der Waals surface area contributed by atoms with Crippen LogP contribution < -0.4 is 5.32 Å². The van der Waals surface area contributed by atoms with Gasteiger partial charge in [0.2, 0.25) is 5.91 Å². The summed E-state index contributed by atoms with van der Waals surface area (Å²) in [4.78, 5) is 24.9. The van der Waals surface area contributed by atoms with Crippen molar-refractivity contribution < 1.29 is 14.7 Å². The highest BCUT2D eigenvalue weighted by Crippen LogP contribution is 2.37. The van der Waals surface area contributed by atoms with Gasteiger partial charge in [0.25, 0.3) is 0 Å². The average molecular weight is 305 g/mol. The van der Waals surface area contributed by atoms with Gasteiger partial charge in [-0.1, -0.05) is 24.6 Å². The molecule has 1 aliphatic carbocycles. The van der Waals surface area contributed by atoms with Crippen LogP contribution in [0, 0.1) is 11.8 Å². The Morgan fingerprint density at radius 3 is 2.71 bits per heavy atom. The monoisotopic (exact) mass is 305 g/mol. The summed E-state index contributed by atoms with van der Waals surface area (Å²) in [5, 5.41) is 12.3. The maximum absolute atomic E-state index is 12.5. The van der Waals surface area contributed by atoms with Crippen molar-refractivity contribution in [3.05, 3.63) is 29.8 Å². The number of amides is 1. The second kappa shape index (κ2) is 6.10. The third-order valence-electron chi connectivity index (χ3n) is 4.44. The normalized spacial score (nSPS) is 27.9. The SMILES string of the molecule is O=C(O)[C@H]1CCC[C@H]1C(=O)NC1CCSc2ccccc21. The number of carbonyl (C=O) groups excluding carboxylic acids is 1. The number of thioether (sulfide) groups is 1. The number of carboxylic acids is 1. The first-order valence-corrected chi connectivity index (χ1v) is 8.40. The summed E-state index contributed by atoms with van der Waals surface area (Å²) in [5.41, 5.74) is 1.16. The number of hydrogen-bond donors (Lipinski definition) is 2. The molecular formula is C16H19NO3S. The summed E-state index contributed by atoms with van der Waals surface area (Å²) >= 11 is 1.81. The van der Waals surface area contributed by atoms with E-state index in [1.807, 2.05) is 23.9 Å². The van der Waals surface area contributed by atoms with Gasteiger partial charge >= 0.3 is 5.97 Å². The van der Waals surface area contributed by atoms with Crippen LogP contribution >= 0.6 is 11.8 Å². The zero-order valence-corrected chi connectivity index (χ0v) is 12.6. The van der Waals surface area contributed by atoms with Gasteiger partial charge in [-0.2, -0.15) is 0 Å². The van der Waals surface area contributed by atoms with Crippen LogP contribution in [0.15, 0.2) is 29.2 Å². The van der Waals surface area contributed by atoms with E-state index >= 15 is 0 Å². The molecule has 0 saturated heterocycles. The number of nitrogens with one attached hydrogen (secondary N) is 1. The number of carboxylic acid groups (broad SMARTS) is 1. The number of benzene rings is 1. The number of aliphatic carboxylic acids is 1. The Morgan fingerprint density at radius 1 is 1.14 bits per heavy atom. The zero-order chi connectivity index (χ0) is 14.8. The topological polar surface area (TPSA) is 66.4 Å². The maximum atomic E-state index is 12.5. The van der Waals surface area contributed by atoms with E-state index in [0.717, 1.165) is 24.2 Å². The first-order chi connectivity index (χ1) is 10.2. The van der Waals surface area contributed by atoms with Crippen LogP contribution in [0.1, 0.15) is 37.3 Å². The molecule has 21 heavy (non-hydrogen) atoms. The lowest BCUT2D eigenvalue weighted by Gasteiger charge is -2.27. The number of rotatable bonds is 3. The second-order valence-electron chi connectivity index (χ2n) is 5.72. The fourth-order valence-corrected chi connectivity index (χ4v) is 4.47. The van der Waals surface area contributed by atoms with E-state index < -0.39 is 11.9 Å². The smallest absolute Gasteiger partial charge is 0.307 e. The number of hydrogen-bond acceptors (Lipinski definition) is 3. The van der Waals surface area contributed by atoms with E-state index in [9.17, 15) is 14.7 Å². The van der Waals surface area contributed by atoms with Gasteiger partial charge in [-0.3, -0.25) is 9.59 Å². The van der Waals surface area contributed by atoms with Crippen LogP contribution in [0.5, 0.6) is 0 Å². The molecule has 1 amide bonds. The molecule has 0 bridgehead atoms. The van der Waals surface area contributed by atoms with E-state index in [1.165, 1.54) is 4.90 Å². The molecule has 1 unspecified atom stereocenters. The van der Waals surface area contributed by atoms with Gasteiger partial charge in [-0.05, 0) is 30.9 Å². The van der Waals surface area contributed by atoms with Crippen molar-refractivity contribution in [2.75, 3.05) is 5.75 Å². The van der Waals surface area contributed by atoms with Crippen LogP contribution in [0.4, 0.5) is 0 Å². The Hall–Kier alpha value is -1.49. The zero-order valence-electron chi connectivity index (χ0n) is 11.7. The van der Waals surface area contributed by atoms with Crippen molar-refractivity contribution in [2.24, 2.45) is 11.8 Å². The Labute approximate surface area is 128 Å². The Bertz CT molecular complexity index is 560. The fourth-order valence-electron chi connectivity index (χ4n) is 3.34. The van der Waals surface area contributed by atoms with Gasteiger partial charge in [-0.25, -0.2) is 0 Å². The minimum absolute atomic E-state index is 0.0185. The van der Waals surface area contributed by atoms with E-state index in [2.05, 4.69) is 17.4 Å². The molecule has 1 saturated carbocycles. The largest absolute Gasteiger partial charge is 0.481 e. The summed E-state index contributed by atoms with van der Waals surface area (Å²) in [6, 6.07) is 8.14. The molecule has 1 aliphatic heterocycles. The molecule has 1 heterocycles. The summed E-state index contributed by atoms with van der Waals surface area (Å²) < 4.78 is 0. The lowest BCUT2D eigenvalue weighted by Crippen LogP contribution is -2.38. The molecule has 0 radical (unpaired) electrons. The number of carbonyl (C=O) groups is 2. The predicted octanol–water partition coefficient (Wildman–Crippen LogP) is 2.84. The van der Waals surface area contributed by atoms with E-state index in [1.54, 1.807) is 0 Å². The van der Waals surface area contributed by atoms with Crippen molar-refractivity contribution >= 4 is 23.6 Å². The summed E-state index contributed by atoms with van der Waals surface area (Å²) in [5.74, 6) is -0.837. The molecule has 3 rings (SSSR count). The highest BCUT2D eigenvalue weighted by molar-refractivity contribution is 7.99. The fraction of sp³-hybridized carbons (Fsp3) is 0.500. The molecule has 5 heteroatoms. The maximum Gasteiger partial charge on any atom is 0.307 e. The van der Waals surface area contributed by atoms with Gasteiger partial charge in [0.15, 0.2) is 0 Å². The lowest BCUT2D eigenvalue weighted by molar-refractivity contribution is -0.146. The summed E-state index contributed by atoms with van der Waals surface area (Å²) in [6.07, 6.45) is 3.03. The molecule has 2 aliphatic rings. The number of fused-ring (bicyclic) bond motifs is 1. The Morgan fingerprint density at radius 2 is 1.90 bits per heavy atom. The predicted molar refractivity (Wildman–Crippen MR) is 81.1 cm³/mol. The second-order valence-corrected chi connectivity index (χ2v) is 6.86. The molecule has 4 nitrogen and oxygen atoms in total. The minimum Gasteiger partial charge on any atom is -0.481 e. The summed E-state index contributed by atoms with van der Waals surface area (Å²) in [6.45, 7) is 0. The molecule has 0 spiro atoms. The van der Waals surface area contributed by atoms with Gasteiger partial charge in [0.05, 0.1) is 17.9 Å². The third-order valence-corrected chi connectivity index (χ3v) is 5.57. The van der Waals surface area contributed by atoms with Gasteiger partial charge < -0.3 is 10.4 Å². The molecule has 2 N–H and O–H groups in total. The van der Waals surface area contributed by atoms with Crippen LogP contribution in [0.25, 0.3) is 0 Å². The average Bonchev–Trinajstić information content (AvgIpc) is 2.97. The van der Waals surface area contributed by atoms with E-state index in [4.69, 9.17) is 0 Å². The van der Waals surface area contributed by atoms with Crippen molar-refractivity contribution in [3.63, 3.8) is 0 Å². The van der Waals surface area contributed by atoms with Crippen LogP contribution in [-0.4, -0.2) is 22.7 Å². The van der Waals surface area contributed by atoms with Crippen molar-refractivity contribution in [3.8, 4) is 0 Å². The van der Waals surface area contributed by atoms with Crippen molar-refractivity contribution in [1.29, 1.82) is 0 Å². The quantitative estimate of drug-likeness (QED) is 0.901. The molecule has 1 aromatic rings. The lowest BCUT2D eigenvalue weighted by atomic mass is 9.94. The van der Waals surface area contributed by atoms with Crippen LogP contribution in [0.2, 0.25) is 0 Å². The molecule has 1 aromatic carbocycles. The van der Waals surface area contributed by atoms with Crippen molar-refractivity contribution in [2.45, 2.75) is 36.6 Å². The minimum atomic E-state index is -0.841.